The lowest BCUT2D eigenvalue weighted by Crippen LogP contribution is -2.18. The highest BCUT2D eigenvalue weighted by Crippen LogP contribution is 2.02. The van der Waals surface area contributed by atoms with Crippen molar-refractivity contribution in [2.24, 2.45) is 5.92 Å². The second kappa shape index (κ2) is 4.83. The average Bonchev–Trinajstić information content (AvgIpc) is 2.06. The van der Waals surface area contributed by atoms with Crippen molar-refractivity contribution < 1.29 is 0 Å². The van der Waals surface area contributed by atoms with E-state index in [0.717, 1.165) is 18.7 Å². The third-order valence-electron chi connectivity index (χ3n) is 1.73. The van der Waals surface area contributed by atoms with Gasteiger partial charge in [-0.15, -0.1) is 0 Å². The van der Waals surface area contributed by atoms with Crippen molar-refractivity contribution in [3.8, 4) is 0 Å². The van der Waals surface area contributed by atoms with Gasteiger partial charge in [0.05, 0.1) is 5.69 Å². The largest absolute Gasteiger partial charge is 0.319 e. The molecule has 1 aromatic rings. The van der Waals surface area contributed by atoms with Gasteiger partial charge in [0.15, 0.2) is 0 Å². The maximum absolute atomic E-state index is 4.21. The smallest absolute Gasteiger partial charge is 0.0589 e. The van der Waals surface area contributed by atoms with E-state index in [-0.39, 0.29) is 0 Å². The Morgan fingerprint density at radius 3 is 2.92 bits per heavy atom. The average molecular weight is 165 g/mol. The predicted molar refractivity (Wildman–Crippen MR) is 48.8 cm³/mol. The van der Waals surface area contributed by atoms with Crippen molar-refractivity contribution in [2.45, 2.75) is 13.3 Å². The Labute approximate surface area is 73.2 Å². The van der Waals surface area contributed by atoms with Gasteiger partial charge in [-0.1, -0.05) is 6.92 Å². The van der Waals surface area contributed by atoms with Gasteiger partial charge in [-0.25, -0.2) is 0 Å². The van der Waals surface area contributed by atoms with Crippen molar-refractivity contribution in [3.63, 3.8) is 0 Å². The molecule has 0 spiro atoms. The van der Waals surface area contributed by atoms with E-state index in [9.17, 15) is 0 Å². The molecule has 0 aliphatic heterocycles. The van der Waals surface area contributed by atoms with Crippen LogP contribution in [0.3, 0.4) is 0 Å². The summed E-state index contributed by atoms with van der Waals surface area (Å²) in [4.78, 5) is 8.23. The lowest BCUT2D eigenvalue weighted by molar-refractivity contribution is 0.534. The van der Waals surface area contributed by atoms with Gasteiger partial charge in [0.2, 0.25) is 0 Å². The van der Waals surface area contributed by atoms with E-state index in [2.05, 4.69) is 22.2 Å². The minimum atomic E-state index is 0.617. The SMILES string of the molecule is CNCC(C)Cc1cnccn1. The second-order valence-electron chi connectivity index (χ2n) is 3.06. The highest BCUT2D eigenvalue weighted by molar-refractivity contribution is 4.95. The van der Waals surface area contributed by atoms with Crippen molar-refractivity contribution in [1.82, 2.24) is 15.3 Å². The van der Waals surface area contributed by atoms with Gasteiger partial charge < -0.3 is 5.32 Å². The summed E-state index contributed by atoms with van der Waals surface area (Å²) < 4.78 is 0. The van der Waals surface area contributed by atoms with Crippen LogP contribution in [0.15, 0.2) is 18.6 Å². The highest BCUT2D eigenvalue weighted by Gasteiger charge is 2.02. The Balaban J connectivity index is 2.41. The zero-order chi connectivity index (χ0) is 8.81. The van der Waals surface area contributed by atoms with Crippen LogP contribution in [0.2, 0.25) is 0 Å². The third kappa shape index (κ3) is 2.96. The van der Waals surface area contributed by atoms with E-state index in [1.54, 1.807) is 12.4 Å². The number of nitrogens with zero attached hydrogens (tertiary/aromatic N) is 2. The first-order chi connectivity index (χ1) is 5.83. The Morgan fingerprint density at radius 1 is 1.50 bits per heavy atom. The monoisotopic (exact) mass is 165 g/mol. The number of aromatic nitrogens is 2. The standard InChI is InChI=1S/C9H15N3/c1-8(6-10-2)5-9-7-11-3-4-12-9/h3-4,7-8,10H,5-6H2,1-2H3. The fourth-order valence-electron chi connectivity index (χ4n) is 1.21. The summed E-state index contributed by atoms with van der Waals surface area (Å²) in [6.07, 6.45) is 6.26. The molecule has 1 atom stereocenters. The van der Waals surface area contributed by atoms with Gasteiger partial charge in [-0.2, -0.15) is 0 Å². The minimum absolute atomic E-state index is 0.617. The molecule has 1 heterocycles. The predicted octanol–water partition coefficient (Wildman–Crippen LogP) is 0.875. The molecular weight excluding hydrogens is 150 g/mol. The number of nitrogens with one attached hydrogen (secondary N) is 1. The molecule has 12 heavy (non-hydrogen) atoms. The molecule has 0 saturated carbocycles. The van der Waals surface area contributed by atoms with Crippen LogP contribution in [0.5, 0.6) is 0 Å². The maximum Gasteiger partial charge on any atom is 0.0589 e. The summed E-state index contributed by atoms with van der Waals surface area (Å²) in [5.74, 6) is 0.617. The molecule has 3 nitrogen and oxygen atoms in total. The Bertz CT molecular complexity index is 210. The van der Waals surface area contributed by atoms with Crippen molar-refractivity contribution in [3.05, 3.63) is 24.3 Å². The zero-order valence-corrected chi connectivity index (χ0v) is 7.62. The van der Waals surface area contributed by atoms with E-state index < -0.39 is 0 Å². The first-order valence-corrected chi connectivity index (χ1v) is 4.22. The van der Waals surface area contributed by atoms with Crippen LogP contribution < -0.4 is 5.32 Å². The van der Waals surface area contributed by atoms with E-state index >= 15 is 0 Å². The molecular formula is C9H15N3. The van der Waals surface area contributed by atoms with Crippen LogP contribution >= 0.6 is 0 Å². The topological polar surface area (TPSA) is 37.8 Å². The first kappa shape index (κ1) is 9.13. The van der Waals surface area contributed by atoms with E-state index in [4.69, 9.17) is 0 Å². The summed E-state index contributed by atoms with van der Waals surface area (Å²) >= 11 is 0. The van der Waals surface area contributed by atoms with Crippen LogP contribution in [0.1, 0.15) is 12.6 Å². The molecule has 1 rings (SSSR count). The molecule has 0 amide bonds. The van der Waals surface area contributed by atoms with E-state index in [1.807, 2.05) is 13.2 Å². The van der Waals surface area contributed by atoms with Crippen molar-refractivity contribution in [2.75, 3.05) is 13.6 Å². The second-order valence-corrected chi connectivity index (χ2v) is 3.06. The van der Waals surface area contributed by atoms with Gasteiger partial charge in [0.25, 0.3) is 0 Å². The summed E-state index contributed by atoms with van der Waals surface area (Å²) in [5.41, 5.74) is 1.07. The highest BCUT2D eigenvalue weighted by atomic mass is 14.8. The maximum atomic E-state index is 4.21. The minimum Gasteiger partial charge on any atom is -0.319 e. The molecule has 0 aromatic carbocycles. The van der Waals surface area contributed by atoms with Gasteiger partial charge in [-0.3, -0.25) is 9.97 Å². The lowest BCUT2D eigenvalue weighted by Gasteiger charge is -2.08. The Kier molecular flexibility index (Phi) is 3.67. The summed E-state index contributed by atoms with van der Waals surface area (Å²) in [7, 11) is 1.97. The molecule has 1 unspecified atom stereocenters. The van der Waals surface area contributed by atoms with Gasteiger partial charge in [-0.05, 0) is 25.9 Å². The molecule has 1 aromatic heterocycles. The van der Waals surface area contributed by atoms with E-state index in [1.165, 1.54) is 0 Å². The normalized spacial score (nSPS) is 12.8. The molecule has 3 heteroatoms. The fourth-order valence-corrected chi connectivity index (χ4v) is 1.21. The molecule has 0 radical (unpaired) electrons. The van der Waals surface area contributed by atoms with Crippen LogP contribution in [0, 0.1) is 5.92 Å². The molecule has 0 saturated heterocycles. The van der Waals surface area contributed by atoms with Gasteiger partial charge in [0.1, 0.15) is 0 Å². The van der Waals surface area contributed by atoms with Gasteiger partial charge >= 0.3 is 0 Å². The van der Waals surface area contributed by atoms with E-state index in [0.29, 0.717) is 5.92 Å². The summed E-state index contributed by atoms with van der Waals surface area (Å²) in [5, 5.41) is 3.14. The summed E-state index contributed by atoms with van der Waals surface area (Å²) in [6.45, 7) is 3.22. The quantitative estimate of drug-likeness (QED) is 0.719. The zero-order valence-electron chi connectivity index (χ0n) is 7.62. The lowest BCUT2D eigenvalue weighted by atomic mass is 10.1. The number of hydrogen-bond donors (Lipinski definition) is 1. The molecule has 0 aliphatic rings. The van der Waals surface area contributed by atoms with Crippen LogP contribution in [0.25, 0.3) is 0 Å². The van der Waals surface area contributed by atoms with Crippen LogP contribution in [0.4, 0.5) is 0 Å². The fraction of sp³-hybridized carbons (Fsp3) is 0.556. The van der Waals surface area contributed by atoms with Crippen molar-refractivity contribution >= 4 is 0 Å². The number of rotatable bonds is 4. The third-order valence-corrected chi connectivity index (χ3v) is 1.73. The van der Waals surface area contributed by atoms with Crippen molar-refractivity contribution in [1.29, 1.82) is 0 Å². The Morgan fingerprint density at radius 2 is 2.33 bits per heavy atom. The molecule has 0 fully saturated rings. The molecule has 0 bridgehead atoms. The van der Waals surface area contributed by atoms with Crippen LogP contribution in [-0.4, -0.2) is 23.6 Å². The van der Waals surface area contributed by atoms with Crippen LogP contribution in [-0.2, 0) is 6.42 Å². The Hall–Kier alpha value is -0.960. The summed E-state index contributed by atoms with van der Waals surface area (Å²) in [6, 6.07) is 0. The first-order valence-electron chi connectivity index (χ1n) is 4.22. The van der Waals surface area contributed by atoms with Gasteiger partial charge in [0, 0.05) is 18.6 Å². The molecule has 1 N–H and O–H groups in total. The number of hydrogen-bond acceptors (Lipinski definition) is 3. The molecule has 66 valence electrons. The molecule has 0 aliphatic carbocycles.